The quantitative estimate of drug-likeness (QED) is 0.517. The van der Waals surface area contributed by atoms with E-state index < -0.39 is 5.97 Å². The molecule has 0 heterocycles. The summed E-state index contributed by atoms with van der Waals surface area (Å²) in [6.07, 6.45) is 1.52. The molecule has 0 spiro atoms. The molecule has 8 nitrogen and oxygen atoms in total. The number of hydrogen-bond donors (Lipinski definition) is 4. The molecular formula is C19H28N4O4. The topological polar surface area (TPSA) is 111 Å². The molecule has 0 radical (unpaired) electrons. The molecule has 1 aliphatic carbocycles. The van der Waals surface area contributed by atoms with Gasteiger partial charge in [-0.1, -0.05) is 19.1 Å². The first kappa shape index (κ1) is 20.7. The summed E-state index contributed by atoms with van der Waals surface area (Å²) in [5, 5.41) is 17.4. The molecule has 0 aromatic heterocycles. The van der Waals surface area contributed by atoms with E-state index in [0.717, 1.165) is 18.4 Å². The first-order chi connectivity index (χ1) is 12.9. The highest BCUT2D eigenvalue weighted by Gasteiger charge is 2.34. The van der Waals surface area contributed by atoms with E-state index in [9.17, 15) is 14.4 Å². The van der Waals surface area contributed by atoms with Crippen molar-refractivity contribution in [2.75, 3.05) is 19.6 Å². The average molecular weight is 376 g/mol. The standard InChI is InChI=1S/C19H28N4O4/c1-3-20-18(26)14-7-5-13(6-8-14)11-21-19(27)22-15-9-16(10-15)23(4-2)12-17(24)25/h5-8,15-16H,3-4,9-12H2,1-2H3,(H,20,26)(H,24,25)(H2,21,22,27). The Bertz CT molecular complexity index is 656. The molecule has 3 amide bonds. The molecule has 0 unspecified atom stereocenters. The van der Waals surface area contributed by atoms with Crippen molar-refractivity contribution in [2.24, 2.45) is 0 Å². The lowest BCUT2D eigenvalue weighted by Crippen LogP contribution is -2.56. The van der Waals surface area contributed by atoms with E-state index in [-0.39, 0.29) is 30.6 Å². The summed E-state index contributed by atoms with van der Waals surface area (Å²) in [6, 6.07) is 7.13. The predicted octanol–water partition coefficient (Wildman–Crippen LogP) is 1.17. The van der Waals surface area contributed by atoms with Crippen LogP contribution in [0.25, 0.3) is 0 Å². The van der Waals surface area contributed by atoms with Crippen molar-refractivity contribution in [2.45, 2.75) is 45.3 Å². The first-order valence-electron chi connectivity index (χ1n) is 9.30. The number of benzene rings is 1. The number of carbonyl (C=O) groups excluding carboxylic acids is 2. The molecule has 1 aliphatic rings. The van der Waals surface area contributed by atoms with Gasteiger partial charge < -0.3 is 21.1 Å². The minimum absolute atomic E-state index is 0.0341. The third-order valence-corrected chi connectivity index (χ3v) is 4.72. The fraction of sp³-hybridized carbons (Fsp3) is 0.526. The fourth-order valence-electron chi connectivity index (χ4n) is 3.13. The number of amides is 3. The zero-order chi connectivity index (χ0) is 19.8. The fourth-order valence-corrected chi connectivity index (χ4v) is 3.13. The van der Waals surface area contributed by atoms with Crippen LogP contribution in [0.15, 0.2) is 24.3 Å². The second kappa shape index (κ2) is 9.91. The molecular weight excluding hydrogens is 348 g/mol. The van der Waals surface area contributed by atoms with Crippen molar-refractivity contribution in [1.29, 1.82) is 0 Å². The number of hydrogen-bond acceptors (Lipinski definition) is 4. The highest BCUT2D eigenvalue weighted by Crippen LogP contribution is 2.25. The molecule has 0 aliphatic heterocycles. The summed E-state index contributed by atoms with van der Waals surface area (Å²) in [6.45, 7) is 5.47. The first-order valence-corrected chi connectivity index (χ1v) is 9.30. The van der Waals surface area contributed by atoms with Gasteiger partial charge in [-0.2, -0.15) is 0 Å². The van der Waals surface area contributed by atoms with Crippen LogP contribution in [-0.4, -0.2) is 59.6 Å². The number of rotatable bonds is 9. The molecule has 1 aromatic rings. The van der Waals surface area contributed by atoms with Crippen LogP contribution < -0.4 is 16.0 Å². The van der Waals surface area contributed by atoms with E-state index in [1.165, 1.54) is 0 Å². The maximum Gasteiger partial charge on any atom is 0.317 e. The number of nitrogens with one attached hydrogen (secondary N) is 3. The van der Waals surface area contributed by atoms with E-state index in [2.05, 4.69) is 16.0 Å². The van der Waals surface area contributed by atoms with Gasteiger partial charge in [0.05, 0.1) is 6.54 Å². The third kappa shape index (κ3) is 6.25. The number of carboxylic acids is 1. The molecule has 0 atom stereocenters. The van der Waals surface area contributed by atoms with Gasteiger partial charge in [-0.05, 0) is 44.0 Å². The van der Waals surface area contributed by atoms with Crippen molar-refractivity contribution >= 4 is 17.9 Å². The molecule has 0 saturated heterocycles. The minimum atomic E-state index is -0.829. The van der Waals surface area contributed by atoms with Crippen LogP contribution in [-0.2, 0) is 11.3 Å². The Morgan fingerprint density at radius 1 is 1.11 bits per heavy atom. The van der Waals surface area contributed by atoms with Gasteiger partial charge in [0.1, 0.15) is 0 Å². The molecule has 4 N–H and O–H groups in total. The monoisotopic (exact) mass is 376 g/mol. The third-order valence-electron chi connectivity index (χ3n) is 4.72. The Kier molecular flexibility index (Phi) is 7.60. The Hall–Kier alpha value is -2.61. The van der Waals surface area contributed by atoms with Gasteiger partial charge in [-0.3, -0.25) is 14.5 Å². The average Bonchev–Trinajstić information content (AvgIpc) is 2.61. The summed E-state index contributed by atoms with van der Waals surface area (Å²) in [4.78, 5) is 36.5. The molecule has 1 fully saturated rings. The number of carbonyl (C=O) groups is 3. The van der Waals surface area contributed by atoms with Gasteiger partial charge in [0, 0.05) is 30.7 Å². The lowest BCUT2D eigenvalue weighted by atomic mass is 9.85. The van der Waals surface area contributed by atoms with Crippen molar-refractivity contribution in [1.82, 2.24) is 20.9 Å². The van der Waals surface area contributed by atoms with Gasteiger partial charge in [-0.25, -0.2) is 4.79 Å². The zero-order valence-electron chi connectivity index (χ0n) is 15.8. The molecule has 8 heteroatoms. The van der Waals surface area contributed by atoms with Gasteiger partial charge >= 0.3 is 12.0 Å². The zero-order valence-corrected chi connectivity index (χ0v) is 15.8. The normalized spacial score (nSPS) is 18.5. The van der Waals surface area contributed by atoms with Crippen LogP contribution in [0.4, 0.5) is 4.79 Å². The van der Waals surface area contributed by atoms with E-state index in [1.807, 2.05) is 30.9 Å². The van der Waals surface area contributed by atoms with Crippen molar-refractivity contribution in [3.05, 3.63) is 35.4 Å². The number of urea groups is 1. The van der Waals surface area contributed by atoms with Crippen LogP contribution in [0, 0.1) is 0 Å². The SMILES string of the molecule is CCNC(=O)c1ccc(CNC(=O)NC2CC(N(CC)CC(=O)O)C2)cc1. The van der Waals surface area contributed by atoms with Crippen molar-refractivity contribution < 1.29 is 19.5 Å². The summed E-state index contributed by atoms with van der Waals surface area (Å²) < 4.78 is 0. The lowest BCUT2D eigenvalue weighted by molar-refractivity contribution is -0.139. The number of aliphatic carboxylic acids is 1. The summed E-state index contributed by atoms with van der Waals surface area (Å²) in [5.41, 5.74) is 1.50. The Balaban J connectivity index is 1.70. The van der Waals surface area contributed by atoms with Crippen molar-refractivity contribution in [3.63, 3.8) is 0 Å². The van der Waals surface area contributed by atoms with Crippen LogP contribution in [0.3, 0.4) is 0 Å². The largest absolute Gasteiger partial charge is 0.480 e. The maximum absolute atomic E-state index is 12.0. The highest BCUT2D eigenvalue weighted by atomic mass is 16.4. The molecule has 2 rings (SSSR count). The Labute approximate surface area is 159 Å². The second-order valence-electron chi connectivity index (χ2n) is 6.66. The molecule has 0 bridgehead atoms. The maximum atomic E-state index is 12.0. The highest BCUT2D eigenvalue weighted by molar-refractivity contribution is 5.94. The van der Waals surface area contributed by atoms with Gasteiger partial charge in [-0.15, -0.1) is 0 Å². The van der Waals surface area contributed by atoms with Gasteiger partial charge in [0.25, 0.3) is 5.91 Å². The number of likely N-dealkylation sites (N-methyl/N-ethyl adjacent to an activating group) is 1. The van der Waals surface area contributed by atoms with E-state index in [1.54, 1.807) is 12.1 Å². The summed E-state index contributed by atoms with van der Waals surface area (Å²) in [7, 11) is 0. The van der Waals surface area contributed by atoms with Crippen LogP contribution in [0.2, 0.25) is 0 Å². The van der Waals surface area contributed by atoms with Crippen molar-refractivity contribution in [3.8, 4) is 0 Å². The molecule has 27 heavy (non-hydrogen) atoms. The van der Waals surface area contributed by atoms with E-state index >= 15 is 0 Å². The molecule has 1 aromatic carbocycles. The van der Waals surface area contributed by atoms with Crippen LogP contribution >= 0.6 is 0 Å². The molecule has 1 saturated carbocycles. The Morgan fingerprint density at radius 3 is 2.33 bits per heavy atom. The van der Waals surface area contributed by atoms with E-state index in [0.29, 0.717) is 25.2 Å². The van der Waals surface area contributed by atoms with Gasteiger partial charge in [0.2, 0.25) is 0 Å². The summed E-state index contributed by atoms with van der Waals surface area (Å²) >= 11 is 0. The molecule has 148 valence electrons. The smallest absolute Gasteiger partial charge is 0.317 e. The lowest BCUT2D eigenvalue weighted by Gasteiger charge is -2.42. The predicted molar refractivity (Wildman–Crippen MR) is 102 cm³/mol. The Morgan fingerprint density at radius 2 is 1.78 bits per heavy atom. The number of nitrogens with zero attached hydrogens (tertiary/aromatic N) is 1. The van der Waals surface area contributed by atoms with Crippen LogP contribution in [0.1, 0.15) is 42.6 Å². The van der Waals surface area contributed by atoms with E-state index in [4.69, 9.17) is 5.11 Å². The number of carboxylic acid groups (broad SMARTS) is 1. The van der Waals surface area contributed by atoms with Gasteiger partial charge in [0.15, 0.2) is 0 Å². The minimum Gasteiger partial charge on any atom is -0.480 e. The summed E-state index contributed by atoms with van der Waals surface area (Å²) in [5.74, 6) is -0.942. The van der Waals surface area contributed by atoms with Crippen LogP contribution in [0.5, 0.6) is 0 Å². The second-order valence-corrected chi connectivity index (χ2v) is 6.66.